The minimum atomic E-state index is -1.29. The van der Waals surface area contributed by atoms with Gasteiger partial charge >= 0.3 is 653 Å². The second-order valence-electron chi connectivity index (χ2n) is 41.4. The van der Waals surface area contributed by atoms with E-state index in [1.54, 1.807) is 166 Å². The zero-order valence-corrected chi connectivity index (χ0v) is 99.1. The molecule has 0 spiro atoms. The predicted octanol–water partition coefficient (Wildman–Crippen LogP) is 4.20. The number of carboxylic acid groups (broad SMARTS) is 9. The van der Waals surface area contributed by atoms with Crippen molar-refractivity contribution in [2.75, 3.05) is 0 Å². The molecule has 854 valence electrons. The van der Waals surface area contributed by atoms with Gasteiger partial charge in [-0.15, -0.1) is 5.06 Å². The Morgan fingerprint density at radius 3 is 0.832 bits per heavy atom. The second-order valence-corrected chi connectivity index (χ2v) is 64.0. The number of nitrogens with two attached hydrogens (primary N) is 4. The molecule has 20 N–H and O–H groups in total. The van der Waals surface area contributed by atoms with Crippen molar-refractivity contribution in [2.24, 2.45) is 52.5 Å². The molecule has 0 aromatic rings. The van der Waals surface area contributed by atoms with Crippen LogP contribution in [0.4, 0.5) is 4.79 Å². The first kappa shape index (κ1) is 146. The van der Waals surface area contributed by atoms with Crippen molar-refractivity contribution < 1.29 is 204 Å². The molecule has 0 aromatic carbocycles. The molecule has 0 aliphatic carbocycles. The van der Waals surface area contributed by atoms with Crippen molar-refractivity contribution in [1.29, 1.82) is 0 Å². The van der Waals surface area contributed by atoms with Crippen LogP contribution in [-0.2, 0) is 153 Å². The number of alkyl carbamates (subject to hydrolysis) is 1. The summed E-state index contributed by atoms with van der Waals surface area (Å²) in [6.45, 7) is 40.4. The maximum absolute atomic E-state index is 12.8. The molecule has 12 atom stereocenters. The van der Waals surface area contributed by atoms with Crippen molar-refractivity contribution in [3.8, 4) is 0 Å². The Morgan fingerprint density at radius 1 is 0.275 bits per heavy atom. The van der Waals surface area contributed by atoms with Crippen LogP contribution in [-0.4, -0.2) is 360 Å². The number of hydrogen-bond acceptors (Lipinski definition) is 37. The predicted molar refractivity (Wildman–Crippen MR) is 535 cm³/mol. The van der Waals surface area contributed by atoms with E-state index >= 15 is 0 Å². The van der Waals surface area contributed by atoms with E-state index in [9.17, 15) is 135 Å². The molecule has 0 saturated carbocycles. The first-order valence-corrected chi connectivity index (χ1v) is 67.0. The molecular weight excluding hydrogens is 2370 g/mol. The Labute approximate surface area is 899 Å². The van der Waals surface area contributed by atoms with Crippen LogP contribution in [0.15, 0.2) is 0 Å². The monoisotopic (exact) mass is 2530 g/mol. The Bertz CT molecular complexity index is 4270. The van der Waals surface area contributed by atoms with Gasteiger partial charge in [-0.2, -0.15) is 0 Å². The molecule has 5 amide bonds. The second kappa shape index (κ2) is 70.8. The molecule has 1 saturated heterocycles. The number of hydrogen-bond donors (Lipinski definition) is 16. The summed E-state index contributed by atoms with van der Waals surface area (Å²) in [7, 11) is 0. The SMILES string of the molecule is CC(C)(C)OC(=O)CC(CCC(=O)NC(C[Se][Se]CC(CC(=O)CCC(NC(=O)OC(C)(C)C)C(=O)OC(C)(C)C)C(=O)O)C(=O)O)C(=O)OC(C)(C)C.CC(C)(C)OC(=O)CC(CCC(=O)O)C(=O)OC(C)(C)C.CC(C)(C)OC(=O)CC(CCC(=O)ON1C(=O)CCC1=O)C(=O)OC(C)(C)C.NC(CCC(=O)CC(C[Se][Se]CC(NC(=O)CCC(N)C(=O)O)C(=O)O)C(=O)O)C(=O)O.NC(C[Se][Se]CC(N)C(=O)O)C(=O)O. The van der Waals surface area contributed by atoms with E-state index in [0.717, 1.165) is 0 Å². The van der Waals surface area contributed by atoms with Crippen LogP contribution < -0.4 is 38.9 Å². The number of rotatable bonds is 59. The number of aliphatic carboxylic acids is 9. The van der Waals surface area contributed by atoms with Crippen molar-refractivity contribution in [3.05, 3.63) is 0 Å². The number of nitrogens with zero attached hydrogens (tertiary/aromatic N) is 1. The fourth-order valence-corrected chi connectivity index (χ4v) is 32.5. The molecule has 0 aromatic heterocycles. The standard InChI is InChI=1S/C36H60N2O14Se2.C19H29NO8.C17H27N3O10Se2.C15H26O6.C6H12N2O4Se2/c1-33(2,3)49-27(41)18-21(30(46)50-34(4,5)6)13-16-26(40)37-25(29(44)45)20-54-53-19-22(28(42)43)17-23(39)14-15-24(31(47)51-35(7,8)9)38-32(48)52-36(10,11)12;1-18(2,3)26-16(24)11-12(17(25)27-19(4,5)6)7-10-15(23)28-20-13(21)8-9-14(20)22;18-10(15(25)26)2-1-9(21)5-8(14(23)24)6-31-32-7-12(17(29)30)20-13(22)4-3-11(19)16(27)28;1-14(2,3)20-12(18)9-10(7-8-11(16)17)13(19)21-15(4,5)6;7-3(5(9)10)1-13-14-2-4(8)6(11)12/h21-22,24-25H,13-20H2,1-12H3,(H,37,40)(H,38,48)(H,42,43)(H,44,45);12H,7-11H2,1-6H3;8,10-12H,1-7,18-19H2,(H,20,22)(H,23,24)(H,25,26)(H,27,28)(H,29,30);10H,7-9H2,1-6H3,(H,16,17);3-4H,1-2,7-8H2,(H,9,10)(H,11,12). The molecule has 1 fully saturated rings. The molecule has 1 aliphatic rings. The fraction of sp³-hybridized carbons (Fsp3) is 0.742. The van der Waals surface area contributed by atoms with Gasteiger partial charge in [-0.1, -0.05) is 0 Å². The van der Waals surface area contributed by atoms with Gasteiger partial charge in [0.05, 0.1) is 24.7 Å². The number of hydroxylamine groups is 2. The van der Waals surface area contributed by atoms with Gasteiger partial charge in [0.25, 0.3) is 11.8 Å². The minimum absolute atomic E-state index is 0.00864. The number of imide groups is 1. The van der Waals surface area contributed by atoms with Crippen LogP contribution >= 0.6 is 0 Å². The van der Waals surface area contributed by atoms with Crippen LogP contribution in [0, 0.1) is 29.6 Å². The zero-order valence-electron chi connectivity index (χ0n) is 88.8. The Balaban J connectivity index is -0.000000947. The molecule has 1 aliphatic heterocycles. The van der Waals surface area contributed by atoms with Gasteiger partial charge in [-0.25, -0.2) is 4.79 Å². The van der Waals surface area contributed by atoms with E-state index in [0.29, 0.717) is 15.7 Å². The topological polar surface area (TPSA) is 818 Å². The number of nitrogens with one attached hydrogen (secondary N) is 3. The number of amides is 5. The molecule has 50 nitrogen and oxygen atoms in total. The normalized spacial score (nSPS) is 14.6. The Kier molecular flexibility index (Phi) is 69.3. The molecule has 1 heterocycles. The van der Waals surface area contributed by atoms with Gasteiger partial charge in [-0.3, -0.25) is 33.6 Å². The average Bonchev–Trinajstić information content (AvgIpc) is 1.76. The molecule has 149 heavy (non-hydrogen) atoms. The quantitative estimate of drug-likeness (QED) is 0.0133. The van der Waals surface area contributed by atoms with Crippen LogP contribution in [0.3, 0.4) is 0 Å². The number of Topliss-reactive ketones (excluding diaryl/α,β-unsaturated/α-hetero) is 2. The van der Waals surface area contributed by atoms with Gasteiger partial charge in [0.2, 0.25) is 0 Å². The summed E-state index contributed by atoms with van der Waals surface area (Å²) in [6, 6.07) is -7.74. The van der Waals surface area contributed by atoms with E-state index in [-0.39, 0.29) is 222 Å². The third-order valence-electron chi connectivity index (χ3n) is 17.5. The number of carbonyl (C=O) groups excluding carboxylic acids is 15. The number of esters is 7. The van der Waals surface area contributed by atoms with Crippen molar-refractivity contribution in [1.82, 2.24) is 21.0 Å². The number of carboxylic acids is 9. The van der Waals surface area contributed by atoms with E-state index in [1.165, 1.54) is 0 Å². The van der Waals surface area contributed by atoms with E-state index in [2.05, 4.69) is 16.0 Å². The molecule has 1 rings (SSSR count). The van der Waals surface area contributed by atoms with E-state index < -0.39 is 259 Å². The van der Waals surface area contributed by atoms with Crippen LogP contribution in [0.25, 0.3) is 0 Å². The first-order chi connectivity index (χ1) is 67.6. The molecule has 0 bridgehead atoms. The van der Waals surface area contributed by atoms with Crippen molar-refractivity contribution in [3.63, 3.8) is 0 Å². The first-order valence-electron chi connectivity index (χ1n) is 46.7. The number of ether oxygens (including phenoxy) is 8. The summed E-state index contributed by atoms with van der Waals surface area (Å²) in [4.78, 5) is 287. The summed E-state index contributed by atoms with van der Waals surface area (Å²) in [5, 5.41) is 90.0. The van der Waals surface area contributed by atoms with Crippen molar-refractivity contribution in [2.45, 2.75) is 407 Å². The summed E-state index contributed by atoms with van der Waals surface area (Å²) in [5.74, 6) is -23.8. The number of ketones is 2. The molecule has 0 radical (unpaired) electrons. The third kappa shape index (κ3) is 81.1. The van der Waals surface area contributed by atoms with Gasteiger partial charge in [0, 0.05) is 25.7 Å². The summed E-state index contributed by atoms with van der Waals surface area (Å²) in [6.07, 6.45) is -4.09. The fourth-order valence-electron chi connectivity index (χ4n) is 10.7. The Morgan fingerprint density at radius 2 is 0.544 bits per heavy atom. The van der Waals surface area contributed by atoms with E-state index in [1.807, 2.05) is 0 Å². The summed E-state index contributed by atoms with van der Waals surface area (Å²) >= 11 is -1.08. The third-order valence-corrected chi connectivity index (χ3v) is 39.2. The summed E-state index contributed by atoms with van der Waals surface area (Å²) in [5.41, 5.74) is 15.0. The van der Waals surface area contributed by atoms with Crippen molar-refractivity contribution >= 4 is 222 Å². The van der Waals surface area contributed by atoms with Crippen LogP contribution in [0.1, 0.15) is 288 Å². The molecule has 12 unspecified atom stereocenters. The zero-order chi connectivity index (χ0) is 117. The van der Waals surface area contributed by atoms with Gasteiger partial charge < -0.3 is 28.9 Å². The van der Waals surface area contributed by atoms with Gasteiger partial charge in [-0.05, 0) is 95.9 Å². The average molecular weight is 2530 g/mol. The van der Waals surface area contributed by atoms with Gasteiger partial charge in [0.15, 0.2) is 0 Å². The maximum atomic E-state index is 12.8. The van der Waals surface area contributed by atoms with E-state index in [4.69, 9.17) is 91.2 Å². The van der Waals surface area contributed by atoms with Crippen LogP contribution in [0.5, 0.6) is 0 Å². The summed E-state index contributed by atoms with van der Waals surface area (Å²) < 4.78 is 42.3. The van der Waals surface area contributed by atoms with Gasteiger partial charge in [0.1, 0.15) is 22.4 Å². The number of carbonyl (C=O) groups is 24. The molecular formula is C93H154N8O42Se6. The Hall–Kier alpha value is -9.36. The molecule has 56 heteroatoms. The van der Waals surface area contributed by atoms with Crippen LogP contribution in [0.2, 0.25) is 31.9 Å².